The third-order valence-electron chi connectivity index (χ3n) is 6.94. The molecular formula is C25H37N7O2. The van der Waals surface area contributed by atoms with Gasteiger partial charge in [0, 0.05) is 42.6 Å². The summed E-state index contributed by atoms with van der Waals surface area (Å²) in [6.45, 7) is 15.9. The highest BCUT2D eigenvalue weighted by molar-refractivity contribution is 5.80. The number of hydrogen-bond acceptors (Lipinski definition) is 7. The third kappa shape index (κ3) is 4.86. The van der Waals surface area contributed by atoms with Crippen molar-refractivity contribution in [1.82, 2.24) is 35.0 Å². The van der Waals surface area contributed by atoms with Gasteiger partial charge >= 0.3 is 0 Å². The maximum atomic E-state index is 13.4. The second-order valence-electron chi connectivity index (χ2n) is 9.63. The van der Waals surface area contributed by atoms with Crippen molar-refractivity contribution in [3.05, 3.63) is 46.0 Å². The quantitative estimate of drug-likeness (QED) is 0.517. The van der Waals surface area contributed by atoms with Gasteiger partial charge in [0.05, 0.1) is 12.1 Å². The van der Waals surface area contributed by atoms with Crippen LogP contribution in [0.5, 0.6) is 5.75 Å². The van der Waals surface area contributed by atoms with E-state index < -0.39 is 0 Å². The number of nitrogens with zero attached hydrogens (tertiary/aromatic N) is 6. The predicted molar refractivity (Wildman–Crippen MR) is 133 cm³/mol. The number of aromatic nitrogens is 5. The summed E-state index contributed by atoms with van der Waals surface area (Å²) in [6.07, 6.45) is 2.01. The van der Waals surface area contributed by atoms with Gasteiger partial charge in [-0.3, -0.25) is 9.69 Å². The van der Waals surface area contributed by atoms with Gasteiger partial charge in [-0.1, -0.05) is 13.8 Å². The van der Waals surface area contributed by atoms with Gasteiger partial charge < -0.3 is 14.6 Å². The fourth-order valence-electron chi connectivity index (χ4n) is 4.67. The number of fused-ring (bicyclic) bond motifs is 1. The zero-order valence-corrected chi connectivity index (χ0v) is 21.0. The number of nitrogens with one attached hydrogen (secondary N) is 1. The van der Waals surface area contributed by atoms with Crippen LogP contribution in [0.4, 0.5) is 0 Å². The molecule has 0 spiro atoms. The molecule has 2 aromatic heterocycles. The molecule has 1 saturated heterocycles. The Morgan fingerprint density at radius 2 is 1.88 bits per heavy atom. The first-order valence-corrected chi connectivity index (χ1v) is 12.4. The standard InChI is InChI=1S/C25H37N7O2/c1-6-11-30-12-14-31(15-13-30)22(23-27-28-29-32(23)25(4,5)7-2)20-17-18-16-19(34-8-3)9-10-21(18)26-24(20)33/h9-10,16-17,22H,6-8,11-15H2,1-5H3,(H,26,33). The van der Waals surface area contributed by atoms with Crippen LogP contribution in [0.25, 0.3) is 10.9 Å². The molecular weight excluding hydrogens is 430 g/mol. The number of tetrazole rings is 1. The van der Waals surface area contributed by atoms with E-state index in [-0.39, 0.29) is 17.1 Å². The summed E-state index contributed by atoms with van der Waals surface area (Å²) in [5.41, 5.74) is 1.07. The fourth-order valence-corrected chi connectivity index (χ4v) is 4.67. The van der Waals surface area contributed by atoms with Gasteiger partial charge in [0.15, 0.2) is 5.82 Å². The first-order valence-electron chi connectivity index (χ1n) is 12.4. The highest BCUT2D eigenvalue weighted by Crippen LogP contribution is 2.31. The topological polar surface area (TPSA) is 92.2 Å². The molecule has 0 aliphatic carbocycles. The van der Waals surface area contributed by atoms with E-state index in [1.54, 1.807) is 0 Å². The lowest BCUT2D eigenvalue weighted by Gasteiger charge is -2.39. The average molecular weight is 468 g/mol. The summed E-state index contributed by atoms with van der Waals surface area (Å²) in [5.74, 6) is 1.50. The van der Waals surface area contributed by atoms with Gasteiger partial charge in [0.25, 0.3) is 5.56 Å². The average Bonchev–Trinajstić information content (AvgIpc) is 3.32. The maximum absolute atomic E-state index is 13.4. The number of ether oxygens (including phenoxy) is 1. The molecule has 9 heteroatoms. The van der Waals surface area contributed by atoms with Crippen molar-refractivity contribution in [2.24, 2.45) is 0 Å². The largest absolute Gasteiger partial charge is 0.494 e. The summed E-state index contributed by atoms with van der Waals surface area (Å²) in [7, 11) is 0. The second-order valence-corrected chi connectivity index (χ2v) is 9.63. The van der Waals surface area contributed by atoms with Crippen LogP contribution in [0.15, 0.2) is 29.1 Å². The van der Waals surface area contributed by atoms with Crippen LogP contribution >= 0.6 is 0 Å². The van der Waals surface area contributed by atoms with Gasteiger partial charge in [0.1, 0.15) is 11.8 Å². The summed E-state index contributed by atoms with van der Waals surface area (Å²) in [5, 5.41) is 13.8. The Morgan fingerprint density at radius 3 is 2.56 bits per heavy atom. The van der Waals surface area contributed by atoms with Gasteiger partial charge in [-0.25, -0.2) is 4.68 Å². The normalized spacial score (nSPS) is 16.7. The molecule has 1 N–H and O–H groups in total. The third-order valence-corrected chi connectivity index (χ3v) is 6.94. The minimum Gasteiger partial charge on any atom is -0.494 e. The molecule has 1 unspecified atom stereocenters. The lowest BCUT2D eigenvalue weighted by atomic mass is 9.99. The summed E-state index contributed by atoms with van der Waals surface area (Å²) in [4.78, 5) is 21.3. The van der Waals surface area contributed by atoms with E-state index in [1.807, 2.05) is 35.9 Å². The lowest BCUT2D eigenvalue weighted by Crippen LogP contribution is -2.49. The molecule has 0 bridgehead atoms. The zero-order chi connectivity index (χ0) is 24.3. The molecule has 0 radical (unpaired) electrons. The number of piperazine rings is 1. The number of benzene rings is 1. The molecule has 34 heavy (non-hydrogen) atoms. The molecule has 1 aliphatic heterocycles. The number of pyridine rings is 1. The maximum Gasteiger partial charge on any atom is 0.253 e. The van der Waals surface area contributed by atoms with E-state index in [0.717, 1.165) is 62.2 Å². The van der Waals surface area contributed by atoms with Gasteiger partial charge in [-0.2, -0.15) is 0 Å². The van der Waals surface area contributed by atoms with Crippen molar-refractivity contribution >= 4 is 10.9 Å². The first-order chi connectivity index (χ1) is 16.4. The van der Waals surface area contributed by atoms with Gasteiger partial charge in [0.2, 0.25) is 0 Å². The van der Waals surface area contributed by atoms with Crippen LogP contribution in [0.1, 0.15) is 64.9 Å². The number of H-pyrrole nitrogens is 1. The summed E-state index contributed by atoms with van der Waals surface area (Å²) in [6, 6.07) is 7.41. The Balaban J connectivity index is 1.82. The molecule has 9 nitrogen and oxygen atoms in total. The SMILES string of the molecule is CCCN1CCN(C(c2cc3cc(OCC)ccc3[nH]c2=O)c2nnnn2C(C)(C)CC)CC1. The molecule has 1 aromatic carbocycles. The first kappa shape index (κ1) is 24.3. The number of hydrogen-bond donors (Lipinski definition) is 1. The van der Waals surface area contributed by atoms with Crippen LogP contribution in [-0.2, 0) is 5.54 Å². The Bertz CT molecular complexity index is 1160. The van der Waals surface area contributed by atoms with Crippen molar-refractivity contribution in [1.29, 1.82) is 0 Å². The monoisotopic (exact) mass is 467 g/mol. The molecule has 3 aromatic rings. The van der Waals surface area contributed by atoms with Gasteiger partial charge in [-0.05, 0) is 74.8 Å². The molecule has 1 fully saturated rings. The molecule has 1 aliphatic rings. The summed E-state index contributed by atoms with van der Waals surface area (Å²) >= 11 is 0. The highest BCUT2D eigenvalue weighted by atomic mass is 16.5. The van der Waals surface area contributed by atoms with Crippen molar-refractivity contribution in [3.8, 4) is 5.75 Å². The van der Waals surface area contributed by atoms with Crippen LogP contribution in [0.2, 0.25) is 0 Å². The molecule has 0 amide bonds. The van der Waals surface area contributed by atoms with Crippen molar-refractivity contribution in [3.63, 3.8) is 0 Å². The lowest BCUT2D eigenvalue weighted by molar-refractivity contribution is 0.101. The van der Waals surface area contributed by atoms with Crippen molar-refractivity contribution < 1.29 is 4.74 Å². The number of aromatic amines is 1. The minimum absolute atomic E-state index is 0.110. The van der Waals surface area contributed by atoms with Crippen LogP contribution in [0.3, 0.4) is 0 Å². The Morgan fingerprint density at radius 1 is 1.12 bits per heavy atom. The smallest absolute Gasteiger partial charge is 0.253 e. The molecule has 184 valence electrons. The summed E-state index contributed by atoms with van der Waals surface area (Å²) < 4.78 is 7.60. The second kappa shape index (κ2) is 10.2. The fraction of sp³-hybridized carbons (Fsp3) is 0.600. The highest BCUT2D eigenvalue weighted by Gasteiger charge is 2.35. The zero-order valence-electron chi connectivity index (χ0n) is 21.0. The van der Waals surface area contributed by atoms with E-state index in [1.165, 1.54) is 0 Å². The van der Waals surface area contributed by atoms with Crippen molar-refractivity contribution in [2.75, 3.05) is 39.3 Å². The van der Waals surface area contributed by atoms with E-state index in [2.05, 4.69) is 58.0 Å². The molecule has 3 heterocycles. The van der Waals surface area contributed by atoms with Crippen LogP contribution < -0.4 is 10.3 Å². The van der Waals surface area contributed by atoms with E-state index >= 15 is 0 Å². The van der Waals surface area contributed by atoms with Crippen molar-refractivity contribution in [2.45, 2.75) is 59.0 Å². The van der Waals surface area contributed by atoms with Crippen LogP contribution in [-0.4, -0.2) is 74.3 Å². The molecule has 1 atom stereocenters. The molecule has 4 rings (SSSR count). The van der Waals surface area contributed by atoms with E-state index in [0.29, 0.717) is 18.0 Å². The van der Waals surface area contributed by atoms with E-state index in [4.69, 9.17) is 4.74 Å². The molecule has 0 saturated carbocycles. The Kier molecular flexibility index (Phi) is 7.33. The number of rotatable bonds is 9. The predicted octanol–water partition coefficient (Wildman–Crippen LogP) is 3.18. The Hall–Kier alpha value is -2.78. The minimum atomic E-state index is -0.339. The van der Waals surface area contributed by atoms with Gasteiger partial charge in [-0.15, -0.1) is 5.10 Å². The Labute approximate surface area is 201 Å². The van der Waals surface area contributed by atoms with E-state index in [9.17, 15) is 4.79 Å². The van der Waals surface area contributed by atoms with Crippen LogP contribution in [0, 0.1) is 0 Å².